The van der Waals surface area contributed by atoms with Crippen molar-refractivity contribution >= 4 is 60.1 Å². The fraction of sp³-hybridized carbons (Fsp3) is 0.0526. The van der Waals surface area contributed by atoms with Crippen LogP contribution in [0.4, 0.5) is 11.4 Å². The lowest BCUT2D eigenvalue weighted by molar-refractivity contribution is 0.674. The van der Waals surface area contributed by atoms with E-state index in [1.54, 1.807) is 0 Å². The highest BCUT2D eigenvalue weighted by atomic mass is 32.1. The molecule has 1 unspecified atom stereocenters. The quantitative estimate of drug-likeness (QED) is 0.158. The van der Waals surface area contributed by atoms with Crippen LogP contribution in [0.25, 0.3) is 48.0 Å². The highest BCUT2D eigenvalue weighted by Gasteiger charge is 2.25. The number of hydrogen-bond donors (Lipinski definition) is 1. The number of fused-ring (bicyclic) bond motifs is 3. The van der Waals surface area contributed by atoms with Crippen molar-refractivity contribution in [3.05, 3.63) is 246 Å². The van der Waals surface area contributed by atoms with E-state index in [0.29, 0.717) is 5.84 Å². The third kappa shape index (κ3) is 7.23. The SMILES string of the molecule is C1=C(c2ccc(-c3ccccc3)cc2)CCC(N(c2ccccc2)c2ccc3c(c2)sc2cccc(C4=NC(c5ccccc5-c5ccccc5)=NC(c5ccccc5)N4)c23)=C1. The predicted molar refractivity (Wildman–Crippen MR) is 262 cm³/mol. The second-order valence-corrected chi connectivity index (χ2v) is 16.8. The van der Waals surface area contributed by atoms with Gasteiger partial charge in [0, 0.05) is 48.4 Å². The van der Waals surface area contributed by atoms with Gasteiger partial charge in [-0.05, 0) is 88.2 Å². The average Bonchev–Trinajstić information content (AvgIpc) is 3.74. The van der Waals surface area contributed by atoms with Crippen LogP contribution in [-0.2, 0) is 0 Å². The summed E-state index contributed by atoms with van der Waals surface area (Å²) in [5.41, 5.74) is 14.1. The molecular weight excluding hydrogens is 773 g/mol. The summed E-state index contributed by atoms with van der Waals surface area (Å²) >= 11 is 1.83. The van der Waals surface area contributed by atoms with E-state index in [0.717, 1.165) is 57.9 Å². The van der Waals surface area contributed by atoms with Crippen molar-refractivity contribution in [2.45, 2.75) is 19.0 Å². The predicted octanol–water partition coefficient (Wildman–Crippen LogP) is 14.8. The van der Waals surface area contributed by atoms with Crippen LogP contribution in [-0.4, -0.2) is 11.7 Å². The summed E-state index contributed by atoms with van der Waals surface area (Å²) in [6.07, 6.45) is 6.22. The Morgan fingerprint density at radius 1 is 0.484 bits per heavy atom. The van der Waals surface area contributed by atoms with Crippen molar-refractivity contribution < 1.29 is 0 Å². The molecule has 0 saturated carbocycles. The van der Waals surface area contributed by atoms with Gasteiger partial charge in [-0.2, -0.15) is 0 Å². The van der Waals surface area contributed by atoms with Gasteiger partial charge in [-0.25, -0.2) is 9.98 Å². The number of benzene rings is 8. The van der Waals surface area contributed by atoms with Crippen molar-refractivity contribution in [2.24, 2.45) is 9.98 Å². The highest BCUT2D eigenvalue weighted by Crippen LogP contribution is 2.42. The van der Waals surface area contributed by atoms with Crippen LogP contribution in [0.15, 0.2) is 234 Å². The van der Waals surface area contributed by atoms with E-state index in [4.69, 9.17) is 9.98 Å². The summed E-state index contributed by atoms with van der Waals surface area (Å²) in [4.78, 5) is 13.0. The summed E-state index contributed by atoms with van der Waals surface area (Å²) in [5, 5.41) is 6.17. The van der Waals surface area contributed by atoms with Crippen LogP contribution in [0.3, 0.4) is 0 Å². The molecule has 1 aliphatic carbocycles. The van der Waals surface area contributed by atoms with Gasteiger partial charge in [0.15, 0.2) is 5.84 Å². The van der Waals surface area contributed by atoms with E-state index in [1.165, 1.54) is 48.1 Å². The Morgan fingerprint density at radius 2 is 1.11 bits per heavy atom. The molecular formula is C57H42N4S. The molecule has 2 heterocycles. The summed E-state index contributed by atoms with van der Waals surface area (Å²) in [6.45, 7) is 0. The van der Waals surface area contributed by atoms with Crippen LogP contribution in [0, 0.1) is 0 Å². The van der Waals surface area contributed by atoms with Crippen LogP contribution in [0.2, 0.25) is 0 Å². The monoisotopic (exact) mass is 814 g/mol. The zero-order valence-corrected chi connectivity index (χ0v) is 34.8. The molecule has 9 aromatic rings. The van der Waals surface area contributed by atoms with Gasteiger partial charge in [-0.3, -0.25) is 0 Å². The number of para-hydroxylation sites is 1. The van der Waals surface area contributed by atoms with E-state index in [1.807, 2.05) is 17.4 Å². The Morgan fingerprint density at radius 3 is 1.84 bits per heavy atom. The number of nitrogens with zero attached hydrogens (tertiary/aromatic N) is 3. The number of amidine groups is 2. The number of thiophene rings is 1. The molecule has 62 heavy (non-hydrogen) atoms. The van der Waals surface area contributed by atoms with E-state index in [9.17, 15) is 0 Å². The zero-order valence-electron chi connectivity index (χ0n) is 34.0. The summed E-state index contributed by atoms with van der Waals surface area (Å²) in [6, 6.07) is 73.3. The van der Waals surface area contributed by atoms with Gasteiger partial charge in [0.2, 0.25) is 0 Å². The van der Waals surface area contributed by atoms with E-state index in [-0.39, 0.29) is 6.17 Å². The molecule has 2 aliphatic rings. The first-order valence-electron chi connectivity index (χ1n) is 21.2. The molecule has 8 aromatic carbocycles. The van der Waals surface area contributed by atoms with Gasteiger partial charge >= 0.3 is 0 Å². The van der Waals surface area contributed by atoms with Gasteiger partial charge in [-0.1, -0.05) is 182 Å². The minimum atomic E-state index is -0.305. The lowest BCUT2D eigenvalue weighted by Gasteiger charge is -2.30. The summed E-state index contributed by atoms with van der Waals surface area (Å²) < 4.78 is 2.45. The number of hydrogen-bond acceptors (Lipinski definition) is 5. The Hall–Kier alpha value is -7.60. The lowest BCUT2D eigenvalue weighted by atomic mass is 9.93. The molecule has 1 aliphatic heterocycles. The molecule has 0 saturated heterocycles. The second kappa shape index (κ2) is 16.5. The first-order valence-corrected chi connectivity index (χ1v) is 22.0. The maximum Gasteiger partial charge on any atom is 0.160 e. The van der Waals surface area contributed by atoms with Gasteiger partial charge in [0.1, 0.15) is 12.0 Å². The molecule has 296 valence electrons. The van der Waals surface area contributed by atoms with Crippen LogP contribution in [0.1, 0.15) is 41.3 Å². The maximum absolute atomic E-state index is 5.35. The first kappa shape index (κ1) is 37.4. The molecule has 4 nitrogen and oxygen atoms in total. The second-order valence-electron chi connectivity index (χ2n) is 15.7. The van der Waals surface area contributed by atoms with Crippen molar-refractivity contribution in [3.63, 3.8) is 0 Å². The van der Waals surface area contributed by atoms with E-state index in [2.05, 4.69) is 223 Å². The van der Waals surface area contributed by atoms with Gasteiger partial charge < -0.3 is 10.2 Å². The number of allylic oxidation sites excluding steroid dienone is 4. The summed E-state index contributed by atoms with van der Waals surface area (Å²) in [5.74, 6) is 1.53. The Balaban J connectivity index is 0.974. The average molecular weight is 815 g/mol. The zero-order chi connectivity index (χ0) is 41.2. The van der Waals surface area contributed by atoms with Crippen molar-refractivity contribution in [1.29, 1.82) is 0 Å². The van der Waals surface area contributed by atoms with Gasteiger partial charge in [0.05, 0.1) is 0 Å². The smallest absolute Gasteiger partial charge is 0.160 e. The Bertz CT molecular complexity index is 3180. The minimum Gasteiger partial charge on any atom is -0.344 e. The lowest BCUT2D eigenvalue weighted by Crippen LogP contribution is -2.33. The molecule has 0 amide bonds. The molecule has 0 fully saturated rings. The fourth-order valence-electron chi connectivity index (χ4n) is 8.83. The highest BCUT2D eigenvalue weighted by molar-refractivity contribution is 7.26. The van der Waals surface area contributed by atoms with Gasteiger partial charge in [0.25, 0.3) is 0 Å². The first-order chi connectivity index (χ1) is 30.7. The van der Waals surface area contributed by atoms with Gasteiger partial charge in [-0.15, -0.1) is 11.3 Å². The summed E-state index contributed by atoms with van der Waals surface area (Å²) in [7, 11) is 0. The minimum absolute atomic E-state index is 0.305. The Kier molecular flexibility index (Phi) is 9.93. The maximum atomic E-state index is 5.35. The molecule has 0 radical (unpaired) electrons. The molecule has 1 aromatic heterocycles. The molecule has 1 N–H and O–H groups in total. The van der Waals surface area contributed by atoms with Crippen molar-refractivity contribution in [3.8, 4) is 22.3 Å². The molecule has 1 atom stereocenters. The molecule has 0 bridgehead atoms. The number of nitrogens with one attached hydrogen (secondary N) is 1. The largest absolute Gasteiger partial charge is 0.344 e. The fourth-order valence-corrected chi connectivity index (χ4v) is 9.99. The topological polar surface area (TPSA) is 40.0 Å². The molecule has 11 rings (SSSR count). The van der Waals surface area contributed by atoms with Crippen LogP contribution >= 0.6 is 11.3 Å². The number of aliphatic imine (C=N–C) groups is 2. The Labute approximate surface area is 366 Å². The van der Waals surface area contributed by atoms with Crippen LogP contribution in [0.5, 0.6) is 0 Å². The molecule has 0 spiro atoms. The third-order valence-corrected chi connectivity index (χ3v) is 13.0. The third-order valence-electron chi connectivity index (χ3n) is 11.9. The van der Waals surface area contributed by atoms with Crippen molar-refractivity contribution in [2.75, 3.05) is 4.90 Å². The number of rotatable bonds is 9. The van der Waals surface area contributed by atoms with Crippen molar-refractivity contribution in [1.82, 2.24) is 5.32 Å². The normalized spacial score (nSPS) is 15.0. The number of anilines is 2. The standard InChI is InChI=1S/C57H42N4S/c1-5-16-39(17-6-1)40-28-30-41(31-29-40)42-32-34-46(35-33-42)61(45-22-11-4-12-23-45)47-36-37-50-53(38-47)62-52-27-15-26-51(54(50)52)57-59-55(44-20-9-3-10-21-44)58-56(60-57)49-25-14-13-24-48(49)43-18-7-2-8-19-43/h1-32,34,36-38,55H,33,35H2,(H,58,59,60). The van der Waals surface area contributed by atoms with Crippen LogP contribution < -0.4 is 10.2 Å². The van der Waals surface area contributed by atoms with E-state index < -0.39 is 0 Å². The van der Waals surface area contributed by atoms with E-state index >= 15 is 0 Å². The molecule has 5 heteroatoms.